The number of nitriles is 1. The number of rotatable bonds is 0. The summed E-state index contributed by atoms with van der Waals surface area (Å²) in [5, 5.41) is 18.9. The van der Waals surface area contributed by atoms with Gasteiger partial charge >= 0.3 is 12.1 Å². The lowest BCUT2D eigenvalue weighted by atomic mass is 9.65. The van der Waals surface area contributed by atoms with Crippen LogP contribution in [0.1, 0.15) is 30.0 Å². The lowest BCUT2D eigenvalue weighted by molar-refractivity contribution is -0.183. The number of halogens is 3. The standard InChI is InChI=1S/C17H13F3N2O2/c1-9-13-6-10-5-11(8-21)14(23)7-12(10)16(9,2)3-4-22(13)15(24)17(18,19)20/h5-7,23H,1,3-4H2,2H3/t16-/m1/s1. The van der Waals surface area contributed by atoms with Gasteiger partial charge in [0.05, 0.1) is 5.56 Å². The van der Waals surface area contributed by atoms with Crippen LogP contribution in [-0.4, -0.2) is 28.6 Å². The Morgan fingerprint density at radius 2 is 2.12 bits per heavy atom. The van der Waals surface area contributed by atoms with Crippen LogP contribution >= 0.6 is 0 Å². The molecule has 0 saturated carbocycles. The van der Waals surface area contributed by atoms with E-state index in [0.29, 0.717) is 21.6 Å². The van der Waals surface area contributed by atoms with E-state index in [2.05, 4.69) is 6.58 Å². The molecule has 2 bridgehead atoms. The Hall–Kier alpha value is -2.75. The summed E-state index contributed by atoms with van der Waals surface area (Å²) in [4.78, 5) is 12.4. The van der Waals surface area contributed by atoms with E-state index < -0.39 is 17.5 Å². The zero-order valence-electron chi connectivity index (χ0n) is 12.7. The molecule has 4 nitrogen and oxygen atoms in total. The van der Waals surface area contributed by atoms with Crippen molar-refractivity contribution in [3.63, 3.8) is 0 Å². The van der Waals surface area contributed by atoms with Crippen molar-refractivity contribution in [2.24, 2.45) is 0 Å². The predicted molar refractivity (Wildman–Crippen MR) is 79.7 cm³/mol. The van der Waals surface area contributed by atoms with Gasteiger partial charge in [-0.25, -0.2) is 0 Å². The predicted octanol–water partition coefficient (Wildman–Crippen LogP) is 3.23. The van der Waals surface area contributed by atoms with E-state index in [4.69, 9.17) is 5.26 Å². The third kappa shape index (κ3) is 2.10. The first-order chi connectivity index (χ1) is 11.1. The summed E-state index contributed by atoms with van der Waals surface area (Å²) in [7, 11) is 0. The largest absolute Gasteiger partial charge is 0.507 e. The van der Waals surface area contributed by atoms with Gasteiger partial charge in [-0.3, -0.25) is 4.79 Å². The van der Waals surface area contributed by atoms with Crippen molar-refractivity contribution in [2.45, 2.75) is 24.9 Å². The van der Waals surface area contributed by atoms with Gasteiger partial charge in [0.25, 0.3) is 0 Å². The molecule has 1 atom stereocenters. The van der Waals surface area contributed by atoms with Crippen LogP contribution in [0.3, 0.4) is 0 Å². The maximum atomic E-state index is 12.8. The molecule has 124 valence electrons. The number of carbonyl (C=O) groups excluding carboxylic acids is 1. The summed E-state index contributed by atoms with van der Waals surface area (Å²) in [6, 6.07) is 4.70. The molecule has 1 aliphatic carbocycles. The van der Waals surface area contributed by atoms with Gasteiger partial charge in [0.1, 0.15) is 11.8 Å². The first-order valence-electron chi connectivity index (χ1n) is 7.17. The van der Waals surface area contributed by atoms with Crippen LogP contribution in [0.15, 0.2) is 30.0 Å². The fourth-order valence-electron chi connectivity index (χ4n) is 3.32. The summed E-state index contributed by atoms with van der Waals surface area (Å²) in [5.74, 6) is -2.12. The number of alkyl halides is 3. The number of hydrogen-bond donors (Lipinski definition) is 1. The van der Waals surface area contributed by atoms with Crippen LogP contribution in [0.2, 0.25) is 0 Å². The van der Waals surface area contributed by atoms with Crippen molar-refractivity contribution >= 4 is 12.0 Å². The van der Waals surface area contributed by atoms with E-state index in [-0.39, 0.29) is 30.0 Å². The monoisotopic (exact) mass is 334 g/mol. The molecule has 1 aromatic rings. The average molecular weight is 334 g/mol. The van der Waals surface area contributed by atoms with Crippen LogP contribution in [0.4, 0.5) is 13.2 Å². The van der Waals surface area contributed by atoms with Crippen molar-refractivity contribution in [2.75, 3.05) is 6.54 Å². The fourth-order valence-corrected chi connectivity index (χ4v) is 3.32. The molecule has 1 saturated heterocycles. The third-order valence-electron chi connectivity index (χ3n) is 4.76. The van der Waals surface area contributed by atoms with Gasteiger partial charge in [-0.15, -0.1) is 0 Å². The van der Waals surface area contributed by atoms with Crippen molar-refractivity contribution in [3.8, 4) is 11.8 Å². The molecule has 1 N–H and O–H groups in total. The summed E-state index contributed by atoms with van der Waals surface area (Å²) >= 11 is 0. The van der Waals surface area contributed by atoms with Crippen LogP contribution in [-0.2, 0) is 10.2 Å². The zero-order valence-corrected chi connectivity index (χ0v) is 12.7. The Morgan fingerprint density at radius 1 is 1.46 bits per heavy atom. The molecule has 1 heterocycles. The Bertz CT molecular complexity index is 849. The number of likely N-dealkylation sites (tertiary alicyclic amines) is 1. The van der Waals surface area contributed by atoms with Gasteiger partial charge in [-0.05, 0) is 41.3 Å². The number of fused-ring (bicyclic) bond motifs is 4. The molecule has 3 rings (SSSR count). The minimum atomic E-state index is -4.97. The number of nitrogens with zero attached hydrogens (tertiary/aromatic N) is 2. The van der Waals surface area contributed by atoms with Crippen LogP contribution in [0.5, 0.6) is 5.75 Å². The number of phenols is 1. The SMILES string of the molecule is C=C1C2=Cc3cc(C#N)c(O)cc3[C@]1(C)CCN2C(=O)C(F)(F)F. The van der Waals surface area contributed by atoms with E-state index in [1.54, 1.807) is 0 Å². The third-order valence-corrected chi connectivity index (χ3v) is 4.76. The van der Waals surface area contributed by atoms with Crippen molar-refractivity contribution in [1.82, 2.24) is 4.90 Å². The van der Waals surface area contributed by atoms with E-state index >= 15 is 0 Å². The number of piperidine rings is 1. The molecule has 0 aromatic heterocycles. The lowest BCUT2D eigenvalue weighted by Crippen LogP contribution is -2.49. The number of carbonyl (C=O) groups is 1. The minimum Gasteiger partial charge on any atom is -0.507 e. The molecular weight excluding hydrogens is 321 g/mol. The first-order valence-corrected chi connectivity index (χ1v) is 7.17. The maximum Gasteiger partial charge on any atom is 0.471 e. The van der Waals surface area contributed by atoms with Crippen molar-refractivity contribution < 1.29 is 23.1 Å². The maximum absolute atomic E-state index is 12.8. The number of phenolic OH excluding ortho intramolecular Hbond substituents is 1. The number of allylic oxidation sites excluding steroid dienone is 1. The molecule has 0 unspecified atom stereocenters. The smallest absolute Gasteiger partial charge is 0.471 e. The van der Waals surface area contributed by atoms with E-state index in [0.717, 1.165) is 0 Å². The quantitative estimate of drug-likeness (QED) is 0.792. The van der Waals surface area contributed by atoms with Crippen LogP contribution in [0.25, 0.3) is 6.08 Å². The Kier molecular flexibility index (Phi) is 3.27. The number of aromatic hydroxyl groups is 1. The second-order valence-electron chi connectivity index (χ2n) is 6.11. The molecule has 1 fully saturated rings. The molecular formula is C17H13F3N2O2. The number of hydrogen-bond acceptors (Lipinski definition) is 3. The molecule has 1 aliphatic heterocycles. The van der Waals surface area contributed by atoms with Gasteiger partial charge in [0.2, 0.25) is 0 Å². The summed E-state index contributed by atoms with van der Waals surface area (Å²) < 4.78 is 38.5. The molecule has 7 heteroatoms. The normalized spacial score (nSPS) is 22.5. The highest BCUT2D eigenvalue weighted by Gasteiger charge is 2.50. The molecule has 1 aromatic carbocycles. The van der Waals surface area contributed by atoms with Gasteiger partial charge in [-0.1, -0.05) is 13.5 Å². The van der Waals surface area contributed by atoms with Gasteiger partial charge in [-0.2, -0.15) is 18.4 Å². The molecule has 0 spiro atoms. The highest BCUT2D eigenvalue weighted by Crippen LogP contribution is 2.50. The van der Waals surface area contributed by atoms with Crippen LogP contribution < -0.4 is 0 Å². The second-order valence-corrected chi connectivity index (χ2v) is 6.11. The Balaban J connectivity index is 2.20. The minimum absolute atomic E-state index is 0.0217. The first kappa shape index (κ1) is 16.1. The zero-order chi connectivity index (χ0) is 17.9. The molecule has 24 heavy (non-hydrogen) atoms. The topological polar surface area (TPSA) is 64.3 Å². The second kappa shape index (κ2) is 4.87. The average Bonchev–Trinajstić information content (AvgIpc) is 2.50. The highest BCUT2D eigenvalue weighted by atomic mass is 19.4. The van der Waals surface area contributed by atoms with E-state index in [1.165, 1.54) is 18.2 Å². The van der Waals surface area contributed by atoms with E-state index in [1.807, 2.05) is 13.0 Å². The molecule has 1 amide bonds. The lowest BCUT2D eigenvalue weighted by Gasteiger charge is -2.46. The van der Waals surface area contributed by atoms with Crippen LogP contribution in [0, 0.1) is 11.3 Å². The number of benzene rings is 1. The fraction of sp³-hybridized carbons (Fsp3) is 0.294. The molecule has 2 aliphatic rings. The summed E-state index contributed by atoms with van der Waals surface area (Å²) in [6.07, 6.45) is -3.31. The Labute approximate surface area is 136 Å². The molecule has 0 radical (unpaired) electrons. The van der Waals surface area contributed by atoms with Crippen molar-refractivity contribution in [3.05, 3.63) is 46.7 Å². The van der Waals surface area contributed by atoms with Gasteiger partial charge in [0.15, 0.2) is 0 Å². The summed E-state index contributed by atoms with van der Waals surface area (Å²) in [5.41, 5.74) is 1.01. The van der Waals surface area contributed by atoms with Gasteiger partial charge < -0.3 is 10.0 Å². The van der Waals surface area contributed by atoms with Crippen molar-refractivity contribution in [1.29, 1.82) is 5.26 Å². The van der Waals surface area contributed by atoms with E-state index in [9.17, 15) is 23.1 Å². The van der Waals surface area contributed by atoms with Gasteiger partial charge in [0, 0.05) is 17.7 Å². The Morgan fingerprint density at radius 3 is 2.71 bits per heavy atom. The number of amides is 1. The summed E-state index contributed by atoms with van der Waals surface area (Å²) in [6.45, 7) is 5.59. The highest BCUT2D eigenvalue weighted by molar-refractivity contribution is 5.87.